The monoisotopic (exact) mass is 310 g/mol. The van der Waals surface area contributed by atoms with E-state index in [1.807, 2.05) is 0 Å². The molecule has 0 aromatic heterocycles. The molecule has 0 unspecified atom stereocenters. The Morgan fingerprint density at radius 2 is 0.636 bits per heavy atom. The Bertz CT molecular complexity index is 174. The van der Waals surface area contributed by atoms with Gasteiger partial charge in [-0.1, -0.05) is 136 Å². The Labute approximate surface area is 142 Å². The van der Waals surface area contributed by atoms with Crippen molar-refractivity contribution in [2.45, 2.75) is 136 Å². The summed E-state index contributed by atoms with van der Waals surface area (Å²) in [5.41, 5.74) is 0. The van der Waals surface area contributed by atoms with E-state index in [4.69, 9.17) is 0 Å². The van der Waals surface area contributed by atoms with Gasteiger partial charge in [0.1, 0.15) is 0 Å². The quantitative estimate of drug-likeness (QED) is 0.222. The van der Waals surface area contributed by atoms with Crippen molar-refractivity contribution in [3.05, 3.63) is 0 Å². The van der Waals surface area contributed by atoms with Gasteiger partial charge in [-0.25, -0.2) is 0 Å². The lowest BCUT2D eigenvalue weighted by Crippen LogP contribution is -2.01. The predicted molar refractivity (Wildman–Crippen MR) is 104 cm³/mol. The minimum atomic E-state index is 1.04. The molecule has 0 spiro atoms. The molecule has 0 aliphatic rings. The summed E-state index contributed by atoms with van der Waals surface area (Å²) in [7, 11) is 0. The van der Waals surface area contributed by atoms with Gasteiger partial charge in [0, 0.05) is 0 Å². The molecule has 0 N–H and O–H groups in total. The fourth-order valence-corrected chi connectivity index (χ4v) is 3.54. The van der Waals surface area contributed by atoms with Crippen LogP contribution in [0.5, 0.6) is 0 Å². The number of unbranched alkanes of at least 4 members (excludes halogenated alkanes) is 12. The van der Waals surface area contributed by atoms with Crippen LogP contribution in [0.1, 0.15) is 136 Å². The van der Waals surface area contributed by atoms with Crippen LogP contribution >= 0.6 is 0 Å². The first-order valence-electron chi connectivity index (χ1n) is 10.8. The van der Waals surface area contributed by atoms with Crippen molar-refractivity contribution < 1.29 is 0 Å². The fraction of sp³-hybridized carbons (Fsp3) is 1.00. The highest BCUT2D eigenvalue weighted by molar-refractivity contribution is 4.61. The molecule has 0 nitrogen and oxygen atoms in total. The first-order valence-corrected chi connectivity index (χ1v) is 10.8. The smallest absolute Gasteiger partial charge is 0.0414 e. The van der Waals surface area contributed by atoms with Gasteiger partial charge in [0.05, 0.1) is 0 Å². The third-order valence-electron chi connectivity index (χ3n) is 5.15. The molecule has 0 bridgehead atoms. The fourth-order valence-electron chi connectivity index (χ4n) is 3.54. The van der Waals surface area contributed by atoms with Gasteiger partial charge in [-0.2, -0.15) is 0 Å². The third-order valence-corrected chi connectivity index (χ3v) is 5.15. The van der Waals surface area contributed by atoms with E-state index in [2.05, 4.69) is 20.8 Å². The topological polar surface area (TPSA) is 0 Å². The van der Waals surface area contributed by atoms with E-state index >= 15 is 0 Å². The summed E-state index contributed by atoms with van der Waals surface area (Å²) in [5, 5.41) is 0. The molecule has 0 aliphatic carbocycles. The summed E-state index contributed by atoms with van der Waals surface area (Å²) in [6.45, 7) is 6.96. The molecular formula is C22H46. The van der Waals surface area contributed by atoms with Crippen LogP contribution in [0.4, 0.5) is 0 Å². The molecule has 0 heteroatoms. The molecule has 134 valence electrons. The molecule has 0 aliphatic heterocycles. The second kappa shape index (κ2) is 19.0. The van der Waals surface area contributed by atoms with Crippen LogP contribution in [0.3, 0.4) is 0 Å². The molecule has 0 heterocycles. The van der Waals surface area contributed by atoms with Crippen LogP contribution in [-0.2, 0) is 0 Å². The molecular weight excluding hydrogens is 264 g/mol. The van der Waals surface area contributed by atoms with Crippen LogP contribution in [0.2, 0.25) is 0 Å². The third kappa shape index (κ3) is 16.4. The maximum atomic E-state index is 2.33. The summed E-state index contributed by atoms with van der Waals surface area (Å²) in [5.74, 6) is 1.04. The zero-order chi connectivity index (χ0) is 16.3. The maximum absolute atomic E-state index is 2.33. The van der Waals surface area contributed by atoms with E-state index in [-0.39, 0.29) is 0 Å². The van der Waals surface area contributed by atoms with Gasteiger partial charge in [-0.3, -0.25) is 0 Å². The lowest BCUT2D eigenvalue weighted by molar-refractivity contribution is 0.370. The van der Waals surface area contributed by atoms with Crippen molar-refractivity contribution >= 4 is 0 Å². The van der Waals surface area contributed by atoms with Crippen molar-refractivity contribution in [2.24, 2.45) is 5.92 Å². The van der Waals surface area contributed by atoms with Gasteiger partial charge < -0.3 is 0 Å². The van der Waals surface area contributed by atoms with E-state index in [1.54, 1.807) is 0 Å². The molecule has 22 heavy (non-hydrogen) atoms. The average Bonchev–Trinajstić information content (AvgIpc) is 2.53. The Morgan fingerprint density at radius 1 is 0.364 bits per heavy atom. The highest BCUT2D eigenvalue weighted by atomic mass is 14.1. The Morgan fingerprint density at radius 3 is 1.05 bits per heavy atom. The lowest BCUT2D eigenvalue weighted by atomic mass is 9.90. The van der Waals surface area contributed by atoms with Crippen molar-refractivity contribution in [1.82, 2.24) is 0 Å². The highest BCUT2D eigenvalue weighted by Crippen LogP contribution is 2.23. The zero-order valence-corrected chi connectivity index (χ0v) is 16.3. The van der Waals surface area contributed by atoms with Gasteiger partial charge in [-0.15, -0.1) is 0 Å². The van der Waals surface area contributed by atoms with E-state index in [1.165, 1.54) is 116 Å². The van der Waals surface area contributed by atoms with Crippen molar-refractivity contribution in [3.8, 4) is 0 Å². The van der Waals surface area contributed by atoms with E-state index in [9.17, 15) is 0 Å². The molecule has 0 atom stereocenters. The summed E-state index contributed by atoms with van der Waals surface area (Å²) in [4.78, 5) is 0. The maximum Gasteiger partial charge on any atom is -0.0414 e. The molecule has 0 rings (SSSR count). The van der Waals surface area contributed by atoms with Gasteiger partial charge in [0.15, 0.2) is 0 Å². The van der Waals surface area contributed by atoms with Crippen LogP contribution in [0.15, 0.2) is 0 Å². The molecule has 0 aromatic rings. The summed E-state index contributed by atoms with van der Waals surface area (Å²) < 4.78 is 0. The van der Waals surface area contributed by atoms with E-state index in [0.717, 1.165) is 5.92 Å². The first kappa shape index (κ1) is 22.0. The molecule has 0 amide bonds. The van der Waals surface area contributed by atoms with Crippen LogP contribution in [-0.4, -0.2) is 0 Å². The second-order valence-electron chi connectivity index (χ2n) is 7.47. The van der Waals surface area contributed by atoms with Crippen LogP contribution < -0.4 is 0 Å². The normalized spacial score (nSPS) is 11.5. The van der Waals surface area contributed by atoms with Gasteiger partial charge >= 0.3 is 0 Å². The molecule has 0 aromatic carbocycles. The van der Waals surface area contributed by atoms with Gasteiger partial charge in [0.2, 0.25) is 0 Å². The Hall–Kier alpha value is 0. The SMILES string of the molecule is CCCCCCCCCCCC(CCCCC)CCCCC. The van der Waals surface area contributed by atoms with Crippen molar-refractivity contribution in [2.75, 3.05) is 0 Å². The number of hydrogen-bond donors (Lipinski definition) is 0. The molecule has 0 saturated carbocycles. The predicted octanol–water partition coefficient (Wildman–Crippen LogP) is 8.68. The minimum absolute atomic E-state index is 1.04. The van der Waals surface area contributed by atoms with Gasteiger partial charge in [0.25, 0.3) is 0 Å². The largest absolute Gasteiger partial charge is 0.0654 e. The molecule has 0 saturated heterocycles. The second-order valence-corrected chi connectivity index (χ2v) is 7.47. The number of hydrogen-bond acceptors (Lipinski definition) is 0. The van der Waals surface area contributed by atoms with Crippen molar-refractivity contribution in [1.29, 1.82) is 0 Å². The average molecular weight is 311 g/mol. The standard InChI is InChI=1S/C22H46/c1-4-7-10-11-12-13-14-15-18-21-22(19-16-8-5-2)20-17-9-6-3/h22H,4-21H2,1-3H3. The lowest BCUT2D eigenvalue weighted by Gasteiger charge is -2.16. The summed E-state index contributed by atoms with van der Waals surface area (Å²) >= 11 is 0. The number of rotatable bonds is 18. The molecule has 0 fully saturated rings. The molecule has 0 radical (unpaired) electrons. The zero-order valence-electron chi connectivity index (χ0n) is 16.3. The minimum Gasteiger partial charge on any atom is -0.0654 e. The van der Waals surface area contributed by atoms with Gasteiger partial charge in [-0.05, 0) is 5.92 Å². The summed E-state index contributed by atoms with van der Waals surface area (Å²) in [6, 6.07) is 0. The Kier molecular flexibility index (Phi) is 19.0. The highest BCUT2D eigenvalue weighted by Gasteiger charge is 2.08. The van der Waals surface area contributed by atoms with E-state index < -0.39 is 0 Å². The van der Waals surface area contributed by atoms with Crippen molar-refractivity contribution in [3.63, 3.8) is 0 Å². The first-order chi connectivity index (χ1) is 10.8. The van der Waals surface area contributed by atoms with E-state index in [0.29, 0.717) is 0 Å². The Balaban J connectivity index is 3.51. The summed E-state index contributed by atoms with van der Waals surface area (Å²) in [6.07, 6.45) is 26.3. The van der Waals surface area contributed by atoms with Crippen LogP contribution in [0, 0.1) is 5.92 Å². The van der Waals surface area contributed by atoms with Crippen LogP contribution in [0.25, 0.3) is 0 Å².